The van der Waals surface area contributed by atoms with Crippen LogP contribution < -0.4 is 18.9 Å². The molecule has 1 aromatic rings. The van der Waals surface area contributed by atoms with Crippen LogP contribution in [0.5, 0.6) is 0 Å². The first-order valence-corrected chi connectivity index (χ1v) is 6.74. The van der Waals surface area contributed by atoms with Crippen LogP contribution in [-0.2, 0) is 20.7 Å². The standard InChI is InChI=1S/C12H15NO3.C2HF3O2.Li.H/c14-12(15)8-11-7-10(1-4-13-11)9-2-5-16-6-3-9;3-2(4,5)1(6)7;;/h1,4,7,9H,2-3,5-6,8H2,(H,14,15);(H,6,7);;/q;;+1;-1. The summed E-state index contributed by atoms with van der Waals surface area (Å²) in [5, 5.41) is 15.8. The molecule has 6 nitrogen and oxygen atoms in total. The minimum atomic E-state index is -5.08. The van der Waals surface area contributed by atoms with Gasteiger partial charge < -0.3 is 16.4 Å². The first-order valence-electron chi connectivity index (χ1n) is 6.74. The van der Waals surface area contributed by atoms with Crippen LogP contribution in [-0.4, -0.2) is 46.5 Å². The number of hydrogen-bond acceptors (Lipinski definition) is 4. The summed E-state index contributed by atoms with van der Waals surface area (Å²) in [6, 6.07) is 3.88. The minimum absolute atomic E-state index is 0. The Bertz CT molecular complexity index is 554. The number of hydrogen-bond donors (Lipinski definition) is 2. The summed E-state index contributed by atoms with van der Waals surface area (Å²) in [7, 11) is 0. The van der Waals surface area contributed by atoms with E-state index in [1.54, 1.807) is 6.20 Å². The Morgan fingerprint density at radius 3 is 2.29 bits per heavy atom. The van der Waals surface area contributed by atoms with Crippen LogP contribution in [0.25, 0.3) is 0 Å². The van der Waals surface area contributed by atoms with E-state index >= 15 is 0 Å². The van der Waals surface area contributed by atoms with Gasteiger partial charge >= 0.3 is 37.0 Å². The molecular formula is C14H17F3LiNO5. The molecule has 1 aromatic heterocycles. The van der Waals surface area contributed by atoms with E-state index in [1.165, 1.54) is 5.56 Å². The van der Waals surface area contributed by atoms with Crippen molar-refractivity contribution in [1.29, 1.82) is 0 Å². The number of carbonyl (C=O) groups is 2. The summed E-state index contributed by atoms with van der Waals surface area (Å²) in [6.07, 6.45) is -1.37. The number of halogens is 3. The predicted molar refractivity (Wildman–Crippen MR) is 73.2 cm³/mol. The van der Waals surface area contributed by atoms with E-state index < -0.39 is 18.1 Å². The van der Waals surface area contributed by atoms with Gasteiger partial charge in [0.25, 0.3) is 0 Å². The Morgan fingerprint density at radius 2 is 1.83 bits per heavy atom. The Kier molecular flexibility index (Phi) is 9.66. The molecule has 24 heavy (non-hydrogen) atoms. The molecule has 1 fully saturated rings. The van der Waals surface area contributed by atoms with Gasteiger partial charge in [0.2, 0.25) is 0 Å². The van der Waals surface area contributed by atoms with Gasteiger partial charge in [-0.15, -0.1) is 0 Å². The molecule has 2 rings (SSSR count). The second-order valence-corrected chi connectivity index (χ2v) is 4.84. The molecule has 2 heterocycles. The molecule has 0 saturated carbocycles. The Morgan fingerprint density at radius 1 is 1.29 bits per heavy atom. The van der Waals surface area contributed by atoms with Crippen molar-refractivity contribution >= 4 is 11.9 Å². The van der Waals surface area contributed by atoms with Crippen LogP contribution in [0.1, 0.15) is 31.4 Å². The molecule has 0 radical (unpaired) electrons. The molecule has 1 aliphatic rings. The van der Waals surface area contributed by atoms with Crippen molar-refractivity contribution in [2.75, 3.05) is 13.2 Å². The molecule has 1 aliphatic heterocycles. The Balaban J connectivity index is 0. The summed E-state index contributed by atoms with van der Waals surface area (Å²) in [6.45, 7) is 1.59. The topological polar surface area (TPSA) is 96.7 Å². The molecule has 0 unspecified atom stereocenters. The van der Waals surface area contributed by atoms with Gasteiger partial charge in [-0.25, -0.2) is 4.79 Å². The monoisotopic (exact) mass is 343 g/mol. The van der Waals surface area contributed by atoms with Gasteiger partial charge in [-0.2, -0.15) is 13.2 Å². The van der Waals surface area contributed by atoms with Crippen LogP contribution in [0.4, 0.5) is 13.2 Å². The number of nitrogens with zero attached hydrogens (tertiary/aromatic N) is 1. The largest absolute Gasteiger partial charge is 1.00 e. The number of carboxylic acid groups (broad SMARTS) is 2. The van der Waals surface area contributed by atoms with E-state index in [4.69, 9.17) is 19.7 Å². The number of pyridine rings is 1. The maximum atomic E-state index is 10.6. The zero-order chi connectivity index (χ0) is 17.5. The van der Waals surface area contributed by atoms with Crippen LogP contribution in [0.2, 0.25) is 0 Å². The molecular weight excluding hydrogens is 326 g/mol. The van der Waals surface area contributed by atoms with Crippen molar-refractivity contribution in [1.82, 2.24) is 4.98 Å². The third-order valence-electron chi connectivity index (χ3n) is 3.11. The van der Waals surface area contributed by atoms with Crippen molar-refractivity contribution in [3.63, 3.8) is 0 Å². The number of aromatic nitrogens is 1. The fourth-order valence-corrected chi connectivity index (χ4v) is 2.03. The van der Waals surface area contributed by atoms with Gasteiger partial charge in [0.1, 0.15) is 0 Å². The third-order valence-corrected chi connectivity index (χ3v) is 3.11. The molecule has 0 atom stereocenters. The van der Waals surface area contributed by atoms with Crippen LogP contribution >= 0.6 is 0 Å². The van der Waals surface area contributed by atoms with E-state index in [-0.39, 0.29) is 26.7 Å². The maximum absolute atomic E-state index is 10.6. The summed E-state index contributed by atoms with van der Waals surface area (Å²) in [5.41, 5.74) is 1.83. The minimum Gasteiger partial charge on any atom is -1.00 e. The Hall–Kier alpha value is -1.56. The summed E-state index contributed by atoms with van der Waals surface area (Å²) < 4.78 is 37.0. The van der Waals surface area contributed by atoms with E-state index in [2.05, 4.69) is 4.98 Å². The second-order valence-electron chi connectivity index (χ2n) is 4.84. The van der Waals surface area contributed by atoms with Gasteiger partial charge in [0.15, 0.2) is 0 Å². The second kappa shape index (κ2) is 10.3. The van der Waals surface area contributed by atoms with Crippen molar-refractivity contribution in [3.05, 3.63) is 29.6 Å². The summed E-state index contributed by atoms with van der Waals surface area (Å²) in [5.74, 6) is -3.10. The molecule has 1 saturated heterocycles. The molecule has 0 bridgehead atoms. The number of ether oxygens (including phenoxy) is 1. The van der Waals surface area contributed by atoms with Gasteiger partial charge in [-0.1, -0.05) is 0 Å². The number of carboxylic acids is 2. The van der Waals surface area contributed by atoms with Gasteiger partial charge in [-0.3, -0.25) is 9.78 Å². The normalized spacial score (nSPS) is 14.8. The van der Waals surface area contributed by atoms with Crippen molar-refractivity contribution < 1.29 is 58.0 Å². The van der Waals surface area contributed by atoms with Crippen molar-refractivity contribution in [3.8, 4) is 0 Å². The van der Waals surface area contributed by atoms with E-state index in [9.17, 15) is 18.0 Å². The predicted octanol–water partition coefficient (Wildman–Crippen LogP) is -0.647. The number of alkyl halides is 3. The number of rotatable bonds is 3. The van der Waals surface area contributed by atoms with E-state index in [0.29, 0.717) is 11.6 Å². The fourth-order valence-electron chi connectivity index (χ4n) is 2.03. The SMILES string of the molecule is O=C(O)C(F)(F)F.O=C(O)Cc1cc(C2CCOCC2)ccn1.[H-].[Li+]. The molecule has 130 valence electrons. The maximum Gasteiger partial charge on any atom is 1.00 e. The quantitative estimate of drug-likeness (QED) is 0.708. The zero-order valence-electron chi connectivity index (χ0n) is 14.0. The van der Waals surface area contributed by atoms with E-state index in [0.717, 1.165) is 26.1 Å². The van der Waals surface area contributed by atoms with Gasteiger partial charge in [0, 0.05) is 19.4 Å². The smallest absolute Gasteiger partial charge is 1.00 e. The van der Waals surface area contributed by atoms with Gasteiger partial charge in [0.05, 0.1) is 12.1 Å². The number of aliphatic carboxylic acids is 2. The van der Waals surface area contributed by atoms with Crippen molar-refractivity contribution in [2.24, 2.45) is 0 Å². The molecule has 0 aliphatic carbocycles. The van der Waals surface area contributed by atoms with E-state index in [1.807, 2.05) is 12.1 Å². The van der Waals surface area contributed by atoms with Crippen LogP contribution in [0.3, 0.4) is 0 Å². The zero-order valence-corrected chi connectivity index (χ0v) is 13.0. The molecule has 0 aromatic carbocycles. The average molecular weight is 343 g/mol. The molecule has 0 spiro atoms. The van der Waals surface area contributed by atoms with Gasteiger partial charge in [-0.05, 0) is 36.5 Å². The Labute approximate surface area is 149 Å². The molecule has 10 heteroatoms. The first kappa shape index (κ1) is 22.4. The fraction of sp³-hybridized carbons (Fsp3) is 0.500. The summed E-state index contributed by atoms with van der Waals surface area (Å²) >= 11 is 0. The average Bonchev–Trinajstić information content (AvgIpc) is 2.47. The molecule has 2 N–H and O–H groups in total. The molecule has 0 amide bonds. The third kappa shape index (κ3) is 8.33. The summed E-state index contributed by atoms with van der Waals surface area (Å²) in [4.78, 5) is 23.6. The van der Waals surface area contributed by atoms with Crippen molar-refractivity contribution in [2.45, 2.75) is 31.4 Å². The van der Waals surface area contributed by atoms with Crippen LogP contribution in [0, 0.1) is 0 Å². The van der Waals surface area contributed by atoms with Crippen LogP contribution in [0.15, 0.2) is 18.3 Å². The first-order chi connectivity index (χ1) is 10.7.